The van der Waals surface area contributed by atoms with Crippen molar-refractivity contribution in [2.75, 3.05) is 0 Å². The van der Waals surface area contributed by atoms with Crippen LogP contribution in [0, 0.1) is 0 Å². The number of aliphatic hydroxyl groups excluding tert-OH is 1. The van der Waals surface area contributed by atoms with E-state index in [0.29, 0.717) is 11.4 Å². The molecule has 0 aliphatic rings. The zero-order valence-corrected chi connectivity index (χ0v) is 9.69. The first kappa shape index (κ1) is 13.4. The van der Waals surface area contributed by atoms with Crippen molar-refractivity contribution in [3.63, 3.8) is 0 Å². The highest BCUT2D eigenvalue weighted by Gasteiger charge is 2.30. The van der Waals surface area contributed by atoms with Gasteiger partial charge in [-0.05, 0) is 30.3 Å². The van der Waals surface area contributed by atoms with E-state index in [1.165, 1.54) is 24.4 Å². The van der Waals surface area contributed by atoms with E-state index < -0.39 is 11.7 Å². The summed E-state index contributed by atoms with van der Waals surface area (Å²) in [6.07, 6.45) is -2.91. The summed E-state index contributed by atoms with van der Waals surface area (Å²) in [6, 6.07) is 7.44. The second-order valence-electron chi connectivity index (χ2n) is 3.77. The SMILES string of the molecule is OCc1cc(Oc2ccc(C(F)(F)F)cc2)ccn1. The van der Waals surface area contributed by atoms with Crippen LogP contribution in [0.2, 0.25) is 0 Å². The molecule has 100 valence electrons. The van der Waals surface area contributed by atoms with Gasteiger partial charge in [0.25, 0.3) is 0 Å². The van der Waals surface area contributed by atoms with Crippen LogP contribution in [0.3, 0.4) is 0 Å². The maximum absolute atomic E-state index is 12.4. The molecular formula is C13H10F3NO2. The van der Waals surface area contributed by atoms with Gasteiger partial charge in [0, 0.05) is 12.3 Å². The van der Waals surface area contributed by atoms with Gasteiger partial charge in [-0.15, -0.1) is 0 Å². The summed E-state index contributed by atoms with van der Waals surface area (Å²) in [5, 5.41) is 8.91. The minimum absolute atomic E-state index is 0.232. The summed E-state index contributed by atoms with van der Waals surface area (Å²) < 4.78 is 42.5. The lowest BCUT2D eigenvalue weighted by molar-refractivity contribution is -0.137. The Morgan fingerprint density at radius 1 is 1.05 bits per heavy atom. The summed E-state index contributed by atoms with van der Waals surface area (Å²) in [6.45, 7) is -0.232. The minimum Gasteiger partial charge on any atom is -0.457 e. The Labute approximate surface area is 107 Å². The number of hydrogen-bond donors (Lipinski definition) is 1. The number of aliphatic hydroxyl groups is 1. The molecule has 0 amide bonds. The fraction of sp³-hybridized carbons (Fsp3) is 0.154. The molecule has 1 N–H and O–H groups in total. The number of ether oxygens (including phenoxy) is 1. The van der Waals surface area contributed by atoms with E-state index in [1.807, 2.05) is 0 Å². The molecule has 0 spiro atoms. The van der Waals surface area contributed by atoms with Gasteiger partial charge in [-0.3, -0.25) is 4.98 Å². The van der Waals surface area contributed by atoms with Crippen molar-refractivity contribution in [3.8, 4) is 11.5 Å². The second kappa shape index (κ2) is 5.27. The zero-order valence-electron chi connectivity index (χ0n) is 9.69. The number of rotatable bonds is 3. The largest absolute Gasteiger partial charge is 0.457 e. The molecule has 1 heterocycles. The molecule has 0 bridgehead atoms. The van der Waals surface area contributed by atoms with E-state index >= 15 is 0 Å². The number of alkyl halides is 3. The van der Waals surface area contributed by atoms with Crippen LogP contribution in [0.1, 0.15) is 11.3 Å². The second-order valence-corrected chi connectivity index (χ2v) is 3.77. The third-order valence-electron chi connectivity index (χ3n) is 2.37. The molecule has 0 unspecified atom stereocenters. The molecule has 1 aromatic carbocycles. The van der Waals surface area contributed by atoms with Crippen molar-refractivity contribution >= 4 is 0 Å². The normalized spacial score (nSPS) is 11.4. The van der Waals surface area contributed by atoms with Crippen molar-refractivity contribution in [2.45, 2.75) is 12.8 Å². The van der Waals surface area contributed by atoms with Crippen LogP contribution < -0.4 is 4.74 Å². The first-order valence-electron chi connectivity index (χ1n) is 5.40. The highest BCUT2D eigenvalue weighted by atomic mass is 19.4. The summed E-state index contributed by atoms with van der Waals surface area (Å²) >= 11 is 0. The lowest BCUT2D eigenvalue weighted by atomic mass is 10.2. The van der Waals surface area contributed by atoms with Crippen molar-refractivity contribution in [1.82, 2.24) is 4.98 Å². The first-order chi connectivity index (χ1) is 8.99. The van der Waals surface area contributed by atoms with Crippen LogP contribution >= 0.6 is 0 Å². The fourth-order valence-corrected chi connectivity index (χ4v) is 1.45. The summed E-state index contributed by atoms with van der Waals surface area (Å²) in [5.74, 6) is 0.682. The molecule has 0 fully saturated rings. The third kappa shape index (κ3) is 3.45. The molecule has 1 aromatic heterocycles. The van der Waals surface area contributed by atoms with Crippen LogP contribution in [-0.4, -0.2) is 10.1 Å². The average molecular weight is 269 g/mol. The molecule has 19 heavy (non-hydrogen) atoms. The Balaban J connectivity index is 2.15. The standard InChI is InChI=1S/C13H10F3NO2/c14-13(15,16)9-1-3-11(4-2-9)19-12-5-6-17-10(7-12)8-18/h1-7,18H,8H2. The lowest BCUT2D eigenvalue weighted by Gasteiger charge is -2.09. The average Bonchev–Trinajstić information content (AvgIpc) is 2.38. The van der Waals surface area contributed by atoms with Crippen molar-refractivity contribution < 1.29 is 23.0 Å². The Kier molecular flexibility index (Phi) is 3.71. The van der Waals surface area contributed by atoms with Crippen LogP contribution in [0.5, 0.6) is 11.5 Å². The van der Waals surface area contributed by atoms with Gasteiger partial charge in [-0.2, -0.15) is 13.2 Å². The third-order valence-corrected chi connectivity index (χ3v) is 2.37. The van der Waals surface area contributed by atoms with Crippen LogP contribution in [0.4, 0.5) is 13.2 Å². The van der Waals surface area contributed by atoms with Crippen molar-refractivity contribution in [2.24, 2.45) is 0 Å². The number of nitrogens with zero attached hydrogens (tertiary/aromatic N) is 1. The smallest absolute Gasteiger partial charge is 0.416 e. The van der Waals surface area contributed by atoms with Gasteiger partial charge in [-0.1, -0.05) is 0 Å². The van der Waals surface area contributed by atoms with E-state index in [9.17, 15) is 13.2 Å². The van der Waals surface area contributed by atoms with E-state index in [2.05, 4.69) is 4.98 Å². The molecule has 0 aliphatic carbocycles. The van der Waals surface area contributed by atoms with E-state index in [-0.39, 0.29) is 12.4 Å². The predicted molar refractivity (Wildman–Crippen MR) is 61.7 cm³/mol. The number of pyridine rings is 1. The van der Waals surface area contributed by atoms with Crippen molar-refractivity contribution in [3.05, 3.63) is 53.9 Å². The van der Waals surface area contributed by atoms with Gasteiger partial charge in [0.1, 0.15) is 11.5 Å². The molecule has 6 heteroatoms. The van der Waals surface area contributed by atoms with Gasteiger partial charge in [0.15, 0.2) is 0 Å². The zero-order chi connectivity index (χ0) is 13.9. The van der Waals surface area contributed by atoms with Crippen molar-refractivity contribution in [1.29, 1.82) is 0 Å². The van der Waals surface area contributed by atoms with E-state index in [1.54, 1.807) is 6.07 Å². The molecule has 2 rings (SSSR count). The highest BCUT2D eigenvalue weighted by molar-refractivity contribution is 5.34. The first-order valence-corrected chi connectivity index (χ1v) is 5.40. The Bertz CT molecular complexity index is 553. The van der Waals surface area contributed by atoms with Crippen LogP contribution in [0.25, 0.3) is 0 Å². The fourth-order valence-electron chi connectivity index (χ4n) is 1.45. The molecule has 0 aliphatic heterocycles. The van der Waals surface area contributed by atoms with Gasteiger partial charge in [-0.25, -0.2) is 0 Å². The Hall–Kier alpha value is -2.08. The maximum atomic E-state index is 12.4. The van der Waals surface area contributed by atoms with Gasteiger partial charge in [0.2, 0.25) is 0 Å². The highest BCUT2D eigenvalue weighted by Crippen LogP contribution is 2.31. The monoisotopic (exact) mass is 269 g/mol. The Morgan fingerprint density at radius 2 is 1.74 bits per heavy atom. The molecule has 0 atom stereocenters. The molecule has 2 aromatic rings. The number of aromatic nitrogens is 1. The molecule has 0 saturated heterocycles. The quantitative estimate of drug-likeness (QED) is 0.928. The summed E-state index contributed by atoms with van der Waals surface area (Å²) in [7, 11) is 0. The Morgan fingerprint density at radius 3 is 2.32 bits per heavy atom. The molecular weight excluding hydrogens is 259 g/mol. The van der Waals surface area contributed by atoms with Gasteiger partial charge in [0.05, 0.1) is 17.9 Å². The minimum atomic E-state index is -4.36. The van der Waals surface area contributed by atoms with Gasteiger partial charge < -0.3 is 9.84 Å². The van der Waals surface area contributed by atoms with E-state index in [0.717, 1.165) is 12.1 Å². The predicted octanol–water partition coefficient (Wildman–Crippen LogP) is 3.39. The lowest BCUT2D eigenvalue weighted by Crippen LogP contribution is -2.04. The number of benzene rings is 1. The van der Waals surface area contributed by atoms with Crippen LogP contribution in [-0.2, 0) is 12.8 Å². The number of hydrogen-bond acceptors (Lipinski definition) is 3. The molecule has 3 nitrogen and oxygen atoms in total. The molecule has 0 saturated carbocycles. The van der Waals surface area contributed by atoms with Gasteiger partial charge >= 0.3 is 6.18 Å². The topological polar surface area (TPSA) is 42.4 Å². The number of halogens is 3. The van der Waals surface area contributed by atoms with E-state index in [4.69, 9.17) is 9.84 Å². The molecule has 0 radical (unpaired) electrons. The summed E-state index contributed by atoms with van der Waals surface area (Å²) in [5.41, 5.74) is -0.310. The van der Waals surface area contributed by atoms with Crippen LogP contribution in [0.15, 0.2) is 42.6 Å². The maximum Gasteiger partial charge on any atom is 0.416 e. The summed E-state index contributed by atoms with van der Waals surface area (Å²) in [4.78, 5) is 3.87.